The molecule has 0 saturated heterocycles. The predicted molar refractivity (Wildman–Crippen MR) is 90.7 cm³/mol. The van der Waals surface area contributed by atoms with Crippen LogP contribution in [-0.4, -0.2) is 24.8 Å². The Hall–Kier alpha value is -0.0800. The Bertz CT molecular complexity index is 259. The molecule has 2 heteroatoms. The van der Waals surface area contributed by atoms with Gasteiger partial charge in [-0.1, -0.05) is 51.9 Å². The Labute approximate surface area is 132 Å². The van der Waals surface area contributed by atoms with Crippen molar-refractivity contribution in [1.82, 2.24) is 5.32 Å². The van der Waals surface area contributed by atoms with Crippen LogP contribution < -0.4 is 5.32 Å². The van der Waals surface area contributed by atoms with Gasteiger partial charge in [0.25, 0.3) is 0 Å². The van der Waals surface area contributed by atoms with Gasteiger partial charge in [0.05, 0.1) is 5.60 Å². The first-order valence-corrected chi connectivity index (χ1v) is 9.69. The summed E-state index contributed by atoms with van der Waals surface area (Å²) >= 11 is 0. The number of rotatable bonds is 7. The lowest BCUT2D eigenvalue weighted by atomic mass is 9.72. The van der Waals surface area contributed by atoms with Gasteiger partial charge in [-0.15, -0.1) is 0 Å². The second-order valence-corrected chi connectivity index (χ2v) is 7.24. The molecule has 0 aromatic carbocycles. The Balaban J connectivity index is 2.13. The van der Waals surface area contributed by atoms with Crippen molar-refractivity contribution in [2.45, 2.75) is 103 Å². The molecule has 0 aromatic heterocycles. The second kappa shape index (κ2) is 9.15. The molecule has 2 fully saturated rings. The van der Waals surface area contributed by atoms with Gasteiger partial charge in [0, 0.05) is 12.6 Å². The summed E-state index contributed by atoms with van der Waals surface area (Å²) in [5.74, 6) is 0.837. The molecule has 2 aliphatic carbocycles. The lowest BCUT2D eigenvalue weighted by Crippen LogP contribution is -2.57. The molecule has 0 bridgehead atoms. The third kappa shape index (κ3) is 4.69. The quantitative estimate of drug-likeness (QED) is 0.662. The van der Waals surface area contributed by atoms with Crippen LogP contribution in [0.4, 0.5) is 0 Å². The third-order valence-corrected chi connectivity index (χ3v) is 5.68. The minimum atomic E-state index is 0.136. The monoisotopic (exact) mass is 295 g/mol. The van der Waals surface area contributed by atoms with Gasteiger partial charge in [-0.3, -0.25) is 0 Å². The lowest BCUT2D eigenvalue weighted by Gasteiger charge is -2.47. The average Bonchev–Trinajstić information content (AvgIpc) is 2.78. The third-order valence-electron chi connectivity index (χ3n) is 5.68. The minimum Gasteiger partial charge on any atom is -0.374 e. The highest BCUT2D eigenvalue weighted by Crippen LogP contribution is 2.40. The van der Waals surface area contributed by atoms with Crippen molar-refractivity contribution in [2.75, 3.05) is 13.2 Å². The first-order valence-electron chi connectivity index (χ1n) is 9.69. The molecule has 1 atom stereocenters. The fraction of sp³-hybridized carbons (Fsp3) is 1.00. The smallest absolute Gasteiger partial charge is 0.0837 e. The highest BCUT2D eigenvalue weighted by Gasteiger charge is 2.43. The standard InChI is InChI=1S/C19H37NO/c1-3-16-20-18(17-12-8-5-6-9-13-17)19(21-4-2)14-10-7-11-15-19/h17-18,20H,3-16H2,1-2H3. The first-order chi connectivity index (χ1) is 10.3. The number of hydrogen-bond donors (Lipinski definition) is 1. The van der Waals surface area contributed by atoms with E-state index in [1.165, 1.54) is 77.0 Å². The molecule has 2 rings (SSSR count). The normalized spacial score (nSPS) is 25.4. The largest absolute Gasteiger partial charge is 0.374 e. The van der Waals surface area contributed by atoms with E-state index >= 15 is 0 Å². The van der Waals surface area contributed by atoms with Crippen molar-refractivity contribution in [3.63, 3.8) is 0 Å². The van der Waals surface area contributed by atoms with Crippen molar-refractivity contribution in [3.8, 4) is 0 Å². The topological polar surface area (TPSA) is 21.3 Å². The Morgan fingerprint density at radius 3 is 2.14 bits per heavy atom. The van der Waals surface area contributed by atoms with Gasteiger partial charge < -0.3 is 10.1 Å². The molecule has 0 aliphatic heterocycles. The van der Waals surface area contributed by atoms with E-state index in [1.54, 1.807) is 0 Å². The van der Waals surface area contributed by atoms with Gasteiger partial charge in [0.15, 0.2) is 0 Å². The van der Waals surface area contributed by atoms with Gasteiger partial charge in [0.2, 0.25) is 0 Å². The van der Waals surface area contributed by atoms with Gasteiger partial charge in [-0.2, -0.15) is 0 Å². The van der Waals surface area contributed by atoms with Crippen molar-refractivity contribution in [2.24, 2.45) is 5.92 Å². The zero-order chi connectivity index (χ0) is 15.0. The van der Waals surface area contributed by atoms with E-state index in [9.17, 15) is 0 Å². The van der Waals surface area contributed by atoms with E-state index in [2.05, 4.69) is 19.2 Å². The predicted octanol–water partition coefficient (Wildman–Crippen LogP) is 5.06. The van der Waals surface area contributed by atoms with E-state index < -0.39 is 0 Å². The van der Waals surface area contributed by atoms with E-state index in [0.717, 1.165) is 19.1 Å². The van der Waals surface area contributed by atoms with Gasteiger partial charge in [-0.25, -0.2) is 0 Å². The number of hydrogen-bond acceptors (Lipinski definition) is 2. The lowest BCUT2D eigenvalue weighted by molar-refractivity contribution is -0.104. The van der Waals surface area contributed by atoms with Crippen LogP contribution in [0.25, 0.3) is 0 Å². The van der Waals surface area contributed by atoms with Gasteiger partial charge in [-0.05, 0) is 51.5 Å². The van der Waals surface area contributed by atoms with Crippen molar-refractivity contribution in [3.05, 3.63) is 0 Å². The molecule has 2 aliphatic rings. The molecule has 21 heavy (non-hydrogen) atoms. The molecular weight excluding hydrogens is 258 g/mol. The Morgan fingerprint density at radius 2 is 1.57 bits per heavy atom. The van der Waals surface area contributed by atoms with Gasteiger partial charge in [0.1, 0.15) is 0 Å². The molecule has 0 aromatic rings. The van der Waals surface area contributed by atoms with Crippen molar-refractivity contribution >= 4 is 0 Å². The van der Waals surface area contributed by atoms with Crippen LogP contribution in [0.5, 0.6) is 0 Å². The molecule has 2 saturated carbocycles. The second-order valence-electron chi connectivity index (χ2n) is 7.24. The summed E-state index contributed by atoms with van der Waals surface area (Å²) < 4.78 is 6.46. The first kappa shape index (κ1) is 17.3. The maximum absolute atomic E-state index is 6.46. The molecule has 0 radical (unpaired) electrons. The van der Waals surface area contributed by atoms with Crippen LogP contribution in [0.3, 0.4) is 0 Å². The molecular formula is C19H37NO. The molecule has 0 amide bonds. The van der Waals surface area contributed by atoms with E-state index in [0.29, 0.717) is 6.04 Å². The number of ether oxygens (including phenoxy) is 1. The Kier molecular flexibility index (Phi) is 7.53. The van der Waals surface area contributed by atoms with Crippen molar-refractivity contribution in [1.29, 1.82) is 0 Å². The fourth-order valence-corrected chi connectivity index (χ4v) is 4.71. The average molecular weight is 296 g/mol. The van der Waals surface area contributed by atoms with E-state index in [-0.39, 0.29) is 5.60 Å². The minimum absolute atomic E-state index is 0.136. The maximum Gasteiger partial charge on any atom is 0.0837 e. The van der Waals surface area contributed by atoms with E-state index in [4.69, 9.17) is 4.74 Å². The summed E-state index contributed by atoms with van der Waals surface area (Å²) in [6.07, 6.45) is 16.5. The highest BCUT2D eigenvalue weighted by atomic mass is 16.5. The van der Waals surface area contributed by atoms with Crippen LogP contribution in [0.2, 0.25) is 0 Å². The van der Waals surface area contributed by atoms with Crippen LogP contribution in [0, 0.1) is 5.92 Å². The highest BCUT2D eigenvalue weighted by molar-refractivity contribution is 4.99. The van der Waals surface area contributed by atoms with Gasteiger partial charge >= 0.3 is 0 Å². The fourth-order valence-electron chi connectivity index (χ4n) is 4.71. The zero-order valence-electron chi connectivity index (χ0n) is 14.5. The zero-order valence-corrected chi connectivity index (χ0v) is 14.5. The molecule has 2 nitrogen and oxygen atoms in total. The van der Waals surface area contributed by atoms with Crippen LogP contribution in [0.1, 0.15) is 90.9 Å². The Morgan fingerprint density at radius 1 is 0.952 bits per heavy atom. The SMILES string of the molecule is CCCNC(C1CCCCCC1)C1(OCC)CCCCC1. The summed E-state index contributed by atoms with van der Waals surface area (Å²) in [6, 6.07) is 0.593. The molecule has 1 N–H and O–H groups in total. The molecule has 1 unspecified atom stereocenters. The van der Waals surface area contributed by atoms with Crippen molar-refractivity contribution < 1.29 is 4.74 Å². The summed E-state index contributed by atoms with van der Waals surface area (Å²) in [5, 5.41) is 3.94. The van der Waals surface area contributed by atoms with Crippen LogP contribution >= 0.6 is 0 Å². The van der Waals surface area contributed by atoms with Crippen LogP contribution in [-0.2, 0) is 4.74 Å². The number of nitrogens with one attached hydrogen (secondary N) is 1. The summed E-state index contributed by atoms with van der Waals surface area (Å²) in [7, 11) is 0. The maximum atomic E-state index is 6.46. The summed E-state index contributed by atoms with van der Waals surface area (Å²) in [4.78, 5) is 0. The molecule has 124 valence electrons. The summed E-state index contributed by atoms with van der Waals surface area (Å²) in [5.41, 5.74) is 0.136. The molecule has 0 heterocycles. The molecule has 0 spiro atoms. The van der Waals surface area contributed by atoms with Crippen LogP contribution in [0.15, 0.2) is 0 Å². The summed E-state index contributed by atoms with van der Waals surface area (Å²) in [6.45, 7) is 6.48. The van der Waals surface area contributed by atoms with E-state index in [1.807, 2.05) is 0 Å².